The summed E-state index contributed by atoms with van der Waals surface area (Å²) < 4.78 is 15.5. The number of methoxy groups -OCH3 is 1. The average Bonchev–Trinajstić information content (AvgIpc) is 3.12. The lowest BCUT2D eigenvalue weighted by atomic mass is 9.88. The molecule has 0 atom stereocenters. The first-order valence-electron chi connectivity index (χ1n) is 8.91. The number of nitrogens with zero attached hydrogens (tertiary/aromatic N) is 1. The van der Waals surface area contributed by atoms with Crippen LogP contribution in [0, 0.1) is 5.92 Å². The van der Waals surface area contributed by atoms with E-state index in [-0.39, 0.29) is 31.0 Å². The van der Waals surface area contributed by atoms with Crippen LogP contribution < -0.4 is 9.47 Å². The summed E-state index contributed by atoms with van der Waals surface area (Å²) in [5, 5.41) is 0. The summed E-state index contributed by atoms with van der Waals surface area (Å²) in [7, 11) is 1.37. The number of hydrogen-bond donors (Lipinski definition) is 0. The van der Waals surface area contributed by atoms with Crippen molar-refractivity contribution in [1.29, 1.82) is 0 Å². The number of hydrogen-bond acceptors (Lipinski definition) is 5. The topological polar surface area (TPSA) is 65.1 Å². The molecule has 25 heavy (non-hydrogen) atoms. The van der Waals surface area contributed by atoms with Crippen LogP contribution >= 0.6 is 0 Å². The van der Waals surface area contributed by atoms with Crippen molar-refractivity contribution in [3.63, 3.8) is 0 Å². The zero-order chi connectivity index (χ0) is 17.6. The molecule has 6 heteroatoms. The van der Waals surface area contributed by atoms with E-state index >= 15 is 0 Å². The summed E-state index contributed by atoms with van der Waals surface area (Å²) in [4.78, 5) is 26.3. The molecular formula is C19H25NO5. The Kier molecular flexibility index (Phi) is 5.79. The number of benzene rings is 1. The Morgan fingerprint density at radius 1 is 1.16 bits per heavy atom. The maximum atomic E-state index is 13.0. The molecule has 1 aliphatic carbocycles. The van der Waals surface area contributed by atoms with Crippen molar-refractivity contribution < 1.29 is 23.8 Å². The highest BCUT2D eigenvalue weighted by Crippen LogP contribution is 2.33. The summed E-state index contributed by atoms with van der Waals surface area (Å²) in [5.74, 6) is 1.34. The van der Waals surface area contributed by atoms with E-state index in [0.717, 1.165) is 37.0 Å². The van der Waals surface area contributed by atoms with E-state index < -0.39 is 0 Å². The molecule has 1 heterocycles. The van der Waals surface area contributed by atoms with Crippen LogP contribution in [0.25, 0.3) is 0 Å². The van der Waals surface area contributed by atoms with E-state index in [0.29, 0.717) is 18.8 Å². The van der Waals surface area contributed by atoms with Gasteiger partial charge < -0.3 is 19.1 Å². The van der Waals surface area contributed by atoms with E-state index in [9.17, 15) is 9.59 Å². The van der Waals surface area contributed by atoms with Gasteiger partial charge in [0.05, 0.1) is 13.5 Å². The highest BCUT2D eigenvalue weighted by molar-refractivity contribution is 5.79. The SMILES string of the molecule is COC(=O)CCN(Cc1ccc2c(c1)OCO2)C(=O)C1CCCCC1. The molecule has 0 radical (unpaired) electrons. The van der Waals surface area contributed by atoms with Crippen molar-refractivity contribution in [2.75, 3.05) is 20.4 Å². The number of fused-ring (bicyclic) bond motifs is 1. The van der Waals surface area contributed by atoms with E-state index in [1.165, 1.54) is 13.5 Å². The van der Waals surface area contributed by atoms with Crippen LogP contribution in [-0.2, 0) is 20.9 Å². The zero-order valence-corrected chi connectivity index (χ0v) is 14.7. The summed E-state index contributed by atoms with van der Waals surface area (Å²) in [6.07, 6.45) is 5.49. The third-order valence-corrected chi connectivity index (χ3v) is 4.89. The molecule has 0 N–H and O–H groups in total. The molecule has 3 rings (SSSR count). The molecule has 0 spiro atoms. The minimum absolute atomic E-state index is 0.0698. The number of carbonyl (C=O) groups is 2. The van der Waals surface area contributed by atoms with Gasteiger partial charge in [-0.3, -0.25) is 9.59 Å². The second-order valence-corrected chi connectivity index (χ2v) is 6.61. The van der Waals surface area contributed by atoms with Crippen molar-refractivity contribution in [2.24, 2.45) is 5.92 Å². The molecule has 1 saturated carbocycles. The number of amides is 1. The van der Waals surface area contributed by atoms with Gasteiger partial charge in [-0.25, -0.2) is 0 Å². The predicted molar refractivity (Wildman–Crippen MR) is 91.2 cm³/mol. The van der Waals surface area contributed by atoms with Gasteiger partial charge in [-0.1, -0.05) is 25.3 Å². The average molecular weight is 347 g/mol. The normalized spacial score (nSPS) is 16.5. The van der Waals surface area contributed by atoms with E-state index in [4.69, 9.17) is 14.2 Å². The van der Waals surface area contributed by atoms with Crippen LogP contribution in [0.3, 0.4) is 0 Å². The second kappa shape index (κ2) is 8.23. The lowest BCUT2D eigenvalue weighted by molar-refractivity contribution is -0.143. The summed E-state index contributed by atoms with van der Waals surface area (Å²) in [6.45, 7) is 1.06. The Balaban J connectivity index is 1.70. The minimum atomic E-state index is -0.299. The zero-order valence-electron chi connectivity index (χ0n) is 14.7. The van der Waals surface area contributed by atoms with Gasteiger partial charge in [0.25, 0.3) is 0 Å². The fourth-order valence-electron chi connectivity index (χ4n) is 3.46. The quantitative estimate of drug-likeness (QED) is 0.740. The highest BCUT2D eigenvalue weighted by Gasteiger charge is 2.27. The van der Waals surface area contributed by atoms with Gasteiger partial charge in [0.2, 0.25) is 12.7 Å². The molecule has 0 saturated heterocycles. The standard InChI is InChI=1S/C19H25NO5/c1-23-18(21)9-10-20(19(22)15-5-3-2-4-6-15)12-14-7-8-16-17(11-14)25-13-24-16/h7-8,11,15H,2-6,9-10,12-13H2,1H3. The number of esters is 1. The molecule has 1 aliphatic heterocycles. The van der Waals surface area contributed by atoms with Gasteiger partial charge in [0.15, 0.2) is 11.5 Å². The molecule has 136 valence electrons. The minimum Gasteiger partial charge on any atom is -0.469 e. The van der Waals surface area contributed by atoms with Gasteiger partial charge in [-0.15, -0.1) is 0 Å². The van der Waals surface area contributed by atoms with E-state index in [1.54, 1.807) is 4.90 Å². The molecule has 1 aromatic rings. The number of ether oxygens (including phenoxy) is 3. The van der Waals surface area contributed by atoms with E-state index in [2.05, 4.69) is 0 Å². The summed E-state index contributed by atoms with van der Waals surface area (Å²) in [6, 6.07) is 5.70. The van der Waals surface area contributed by atoms with Gasteiger partial charge in [0.1, 0.15) is 0 Å². The number of rotatable bonds is 6. The first-order valence-corrected chi connectivity index (χ1v) is 8.91. The molecule has 0 aromatic heterocycles. The molecule has 1 aromatic carbocycles. The maximum absolute atomic E-state index is 13.0. The van der Waals surface area contributed by atoms with Crippen molar-refractivity contribution in [1.82, 2.24) is 4.90 Å². The van der Waals surface area contributed by atoms with E-state index in [1.807, 2.05) is 18.2 Å². The van der Waals surface area contributed by atoms with Crippen molar-refractivity contribution in [3.8, 4) is 11.5 Å². The fraction of sp³-hybridized carbons (Fsp3) is 0.579. The van der Waals surface area contributed by atoms with Gasteiger partial charge in [-0.2, -0.15) is 0 Å². The molecule has 0 unspecified atom stereocenters. The molecular weight excluding hydrogens is 322 g/mol. The lowest BCUT2D eigenvalue weighted by Gasteiger charge is -2.29. The van der Waals surface area contributed by atoms with Gasteiger partial charge >= 0.3 is 5.97 Å². The Bertz CT molecular complexity index is 624. The summed E-state index contributed by atoms with van der Waals surface area (Å²) >= 11 is 0. The van der Waals surface area contributed by atoms with Crippen LogP contribution in [0.1, 0.15) is 44.1 Å². The molecule has 0 bridgehead atoms. The Hall–Kier alpha value is -2.24. The Morgan fingerprint density at radius 2 is 1.92 bits per heavy atom. The number of carbonyl (C=O) groups excluding carboxylic acids is 2. The largest absolute Gasteiger partial charge is 0.469 e. The van der Waals surface area contributed by atoms with Crippen LogP contribution in [0.2, 0.25) is 0 Å². The van der Waals surface area contributed by atoms with Crippen molar-refractivity contribution in [2.45, 2.75) is 45.1 Å². The molecule has 1 amide bonds. The first kappa shape index (κ1) is 17.6. The Labute approximate surface area is 148 Å². The first-order chi connectivity index (χ1) is 12.2. The van der Waals surface area contributed by atoms with Crippen LogP contribution in [0.15, 0.2) is 18.2 Å². The Morgan fingerprint density at radius 3 is 2.68 bits per heavy atom. The molecule has 6 nitrogen and oxygen atoms in total. The molecule has 2 aliphatic rings. The third kappa shape index (κ3) is 4.44. The second-order valence-electron chi connectivity index (χ2n) is 6.61. The highest BCUT2D eigenvalue weighted by atomic mass is 16.7. The molecule has 1 fully saturated rings. The summed E-state index contributed by atoms with van der Waals surface area (Å²) in [5.41, 5.74) is 0.971. The predicted octanol–water partition coefficient (Wildman–Crippen LogP) is 2.89. The monoisotopic (exact) mass is 347 g/mol. The smallest absolute Gasteiger partial charge is 0.307 e. The van der Waals surface area contributed by atoms with Gasteiger partial charge in [0, 0.05) is 19.0 Å². The van der Waals surface area contributed by atoms with Crippen molar-refractivity contribution in [3.05, 3.63) is 23.8 Å². The van der Waals surface area contributed by atoms with Crippen LogP contribution in [0.5, 0.6) is 11.5 Å². The lowest BCUT2D eigenvalue weighted by Crippen LogP contribution is -2.38. The van der Waals surface area contributed by atoms with Crippen molar-refractivity contribution >= 4 is 11.9 Å². The van der Waals surface area contributed by atoms with Gasteiger partial charge in [-0.05, 0) is 30.5 Å². The maximum Gasteiger partial charge on any atom is 0.307 e. The third-order valence-electron chi connectivity index (χ3n) is 4.89. The fourth-order valence-corrected chi connectivity index (χ4v) is 3.46. The van der Waals surface area contributed by atoms with Crippen LogP contribution in [-0.4, -0.2) is 37.2 Å². The van der Waals surface area contributed by atoms with Crippen LogP contribution in [0.4, 0.5) is 0 Å².